The molecule has 0 N–H and O–H groups in total. The highest BCUT2D eigenvalue weighted by Gasteiger charge is 2.28. The Hall–Kier alpha value is -2.34. The molecule has 1 heterocycles. The molecule has 0 saturated heterocycles. The van der Waals surface area contributed by atoms with Gasteiger partial charge in [-0.3, -0.25) is 9.36 Å². The molecule has 0 aliphatic heterocycles. The summed E-state index contributed by atoms with van der Waals surface area (Å²) in [4.78, 5) is 17.5. The van der Waals surface area contributed by atoms with Crippen LogP contribution in [0.5, 0.6) is 5.75 Å². The van der Waals surface area contributed by atoms with Crippen LogP contribution >= 0.6 is 11.8 Å². The van der Waals surface area contributed by atoms with Gasteiger partial charge in [-0.05, 0) is 42.7 Å². The molecule has 1 saturated carbocycles. The summed E-state index contributed by atoms with van der Waals surface area (Å²) in [5.74, 6) is 0.387. The Kier molecular flexibility index (Phi) is 4.21. The Morgan fingerprint density at radius 2 is 2.08 bits per heavy atom. The van der Waals surface area contributed by atoms with Crippen molar-refractivity contribution in [2.75, 3.05) is 7.11 Å². The highest BCUT2D eigenvalue weighted by atomic mass is 32.2. The Balaban J connectivity index is 1.68. The van der Waals surface area contributed by atoms with Gasteiger partial charge < -0.3 is 4.74 Å². The highest BCUT2D eigenvalue weighted by Crippen LogP contribution is 2.37. The van der Waals surface area contributed by atoms with E-state index in [9.17, 15) is 9.18 Å². The number of para-hydroxylation sites is 1. The second kappa shape index (κ2) is 6.52. The van der Waals surface area contributed by atoms with Gasteiger partial charge in [-0.25, -0.2) is 9.37 Å². The largest absolute Gasteiger partial charge is 0.494 e. The molecule has 0 bridgehead atoms. The number of hydrogen-bond donors (Lipinski definition) is 0. The fourth-order valence-electron chi connectivity index (χ4n) is 2.83. The van der Waals surface area contributed by atoms with Gasteiger partial charge in [-0.1, -0.05) is 30.0 Å². The lowest BCUT2D eigenvalue weighted by atomic mass is 10.2. The molecule has 0 unspecified atom stereocenters. The smallest absolute Gasteiger partial charge is 0.262 e. The molecule has 25 heavy (non-hydrogen) atoms. The normalized spacial score (nSPS) is 14.0. The van der Waals surface area contributed by atoms with Crippen LogP contribution in [0.4, 0.5) is 4.39 Å². The number of benzene rings is 2. The maximum atomic E-state index is 13.9. The van der Waals surface area contributed by atoms with Crippen LogP contribution in [0, 0.1) is 5.82 Å². The van der Waals surface area contributed by atoms with Crippen molar-refractivity contribution < 1.29 is 9.13 Å². The highest BCUT2D eigenvalue weighted by molar-refractivity contribution is 7.98. The van der Waals surface area contributed by atoms with E-state index in [0.717, 1.165) is 18.4 Å². The van der Waals surface area contributed by atoms with Gasteiger partial charge in [0.15, 0.2) is 16.7 Å². The van der Waals surface area contributed by atoms with E-state index in [1.807, 2.05) is 30.3 Å². The molecule has 4 rings (SSSR count). The number of thioether (sulfide) groups is 1. The number of fused-ring (bicyclic) bond motifs is 1. The fourth-order valence-corrected chi connectivity index (χ4v) is 3.84. The van der Waals surface area contributed by atoms with E-state index in [-0.39, 0.29) is 23.2 Å². The van der Waals surface area contributed by atoms with Crippen LogP contribution in [-0.4, -0.2) is 16.7 Å². The van der Waals surface area contributed by atoms with Gasteiger partial charge in [-0.2, -0.15) is 0 Å². The van der Waals surface area contributed by atoms with Gasteiger partial charge in [0, 0.05) is 11.8 Å². The average Bonchev–Trinajstić information content (AvgIpc) is 3.45. The van der Waals surface area contributed by atoms with Crippen molar-refractivity contribution in [3.05, 3.63) is 64.2 Å². The molecule has 3 aromatic rings. The topological polar surface area (TPSA) is 44.1 Å². The lowest BCUT2D eigenvalue weighted by molar-refractivity contribution is 0.386. The molecule has 1 fully saturated rings. The van der Waals surface area contributed by atoms with Crippen molar-refractivity contribution in [2.24, 2.45) is 0 Å². The Morgan fingerprint density at radius 3 is 2.80 bits per heavy atom. The zero-order chi connectivity index (χ0) is 17.4. The summed E-state index contributed by atoms with van der Waals surface area (Å²) < 4.78 is 20.6. The molecule has 0 amide bonds. The summed E-state index contributed by atoms with van der Waals surface area (Å²) >= 11 is 1.46. The Bertz CT molecular complexity index is 998. The van der Waals surface area contributed by atoms with Gasteiger partial charge in [0.2, 0.25) is 0 Å². The lowest BCUT2D eigenvalue weighted by Crippen LogP contribution is -2.22. The van der Waals surface area contributed by atoms with E-state index in [2.05, 4.69) is 4.98 Å². The molecule has 0 atom stereocenters. The zero-order valence-electron chi connectivity index (χ0n) is 13.7. The third kappa shape index (κ3) is 3.14. The summed E-state index contributed by atoms with van der Waals surface area (Å²) in [6, 6.07) is 12.6. The van der Waals surface area contributed by atoms with Crippen LogP contribution in [0.15, 0.2) is 52.4 Å². The van der Waals surface area contributed by atoms with Crippen LogP contribution in [0.2, 0.25) is 0 Å². The second-order valence-corrected chi connectivity index (χ2v) is 7.02. The lowest BCUT2D eigenvalue weighted by Gasteiger charge is -2.12. The summed E-state index contributed by atoms with van der Waals surface area (Å²) in [6.07, 6.45) is 2.01. The van der Waals surface area contributed by atoms with E-state index in [1.165, 1.54) is 24.9 Å². The van der Waals surface area contributed by atoms with Crippen LogP contribution < -0.4 is 10.3 Å². The molecule has 1 aliphatic rings. The van der Waals surface area contributed by atoms with Gasteiger partial charge in [0.1, 0.15) is 0 Å². The molecule has 0 spiro atoms. The summed E-state index contributed by atoms with van der Waals surface area (Å²) in [7, 11) is 1.44. The third-order valence-corrected chi connectivity index (χ3v) is 5.30. The minimum atomic E-state index is -0.383. The van der Waals surface area contributed by atoms with Crippen molar-refractivity contribution in [2.45, 2.75) is 29.8 Å². The zero-order valence-corrected chi connectivity index (χ0v) is 14.6. The number of nitrogens with zero attached hydrogens (tertiary/aromatic N) is 2. The number of methoxy groups -OCH3 is 1. The predicted molar refractivity (Wildman–Crippen MR) is 96.8 cm³/mol. The molecule has 1 aromatic heterocycles. The van der Waals surface area contributed by atoms with E-state index >= 15 is 0 Å². The van der Waals surface area contributed by atoms with Crippen molar-refractivity contribution in [3.63, 3.8) is 0 Å². The van der Waals surface area contributed by atoms with E-state index in [4.69, 9.17) is 4.74 Å². The first-order chi connectivity index (χ1) is 12.2. The first-order valence-corrected chi connectivity index (χ1v) is 9.12. The number of ether oxygens (including phenoxy) is 1. The summed E-state index contributed by atoms with van der Waals surface area (Å²) in [6.45, 7) is 0. The van der Waals surface area contributed by atoms with Crippen LogP contribution in [0.1, 0.15) is 24.4 Å². The molecule has 1 aliphatic carbocycles. The Morgan fingerprint density at radius 1 is 1.28 bits per heavy atom. The van der Waals surface area contributed by atoms with Crippen LogP contribution in [0.3, 0.4) is 0 Å². The first kappa shape index (κ1) is 16.1. The molecular weight excluding hydrogens is 339 g/mol. The molecular formula is C19H17FN2O2S. The van der Waals surface area contributed by atoms with Gasteiger partial charge in [0.05, 0.1) is 18.0 Å². The van der Waals surface area contributed by atoms with E-state index < -0.39 is 0 Å². The molecule has 4 nitrogen and oxygen atoms in total. The Labute approximate surface area is 148 Å². The van der Waals surface area contributed by atoms with Crippen molar-refractivity contribution in [3.8, 4) is 5.75 Å². The maximum absolute atomic E-state index is 13.9. The van der Waals surface area contributed by atoms with Gasteiger partial charge in [-0.15, -0.1) is 0 Å². The fraction of sp³-hybridized carbons (Fsp3) is 0.263. The average molecular weight is 356 g/mol. The van der Waals surface area contributed by atoms with E-state index in [0.29, 0.717) is 21.8 Å². The van der Waals surface area contributed by atoms with Gasteiger partial charge >= 0.3 is 0 Å². The number of halogens is 1. The summed E-state index contributed by atoms with van der Waals surface area (Å²) in [5, 5.41) is 1.34. The first-order valence-electron chi connectivity index (χ1n) is 8.14. The number of aromatic nitrogens is 2. The molecule has 6 heteroatoms. The number of rotatable bonds is 5. The quantitative estimate of drug-likeness (QED) is 0.508. The summed E-state index contributed by atoms with van der Waals surface area (Å²) in [5.41, 5.74) is 1.54. The van der Waals surface area contributed by atoms with Gasteiger partial charge in [0.25, 0.3) is 5.56 Å². The van der Waals surface area contributed by atoms with Crippen molar-refractivity contribution in [1.29, 1.82) is 0 Å². The minimum absolute atomic E-state index is 0.0107. The molecule has 0 radical (unpaired) electrons. The van der Waals surface area contributed by atoms with Crippen molar-refractivity contribution in [1.82, 2.24) is 9.55 Å². The third-order valence-electron chi connectivity index (χ3n) is 4.27. The van der Waals surface area contributed by atoms with Crippen molar-refractivity contribution >= 4 is 22.7 Å². The monoisotopic (exact) mass is 356 g/mol. The second-order valence-electron chi connectivity index (χ2n) is 6.08. The van der Waals surface area contributed by atoms with Crippen LogP contribution in [-0.2, 0) is 5.75 Å². The molecule has 2 aromatic carbocycles. The minimum Gasteiger partial charge on any atom is -0.494 e. The number of hydrogen-bond acceptors (Lipinski definition) is 4. The predicted octanol–water partition coefficient (Wildman–Crippen LogP) is 4.17. The standard InChI is InChI=1S/C19H17FN2O2S/c1-24-17-9-6-12(10-15(17)20)11-25-19-21-16-5-3-2-4-14(16)18(23)22(19)13-7-8-13/h2-6,9-10,13H,7-8,11H2,1H3. The van der Waals surface area contributed by atoms with E-state index in [1.54, 1.807) is 10.6 Å². The maximum Gasteiger partial charge on any atom is 0.262 e. The SMILES string of the molecule is COc1ccc(CSc2nc3ccccc3c(=O)n2C2CC2)cc1F. The van der Waals surface area contributed by atoms with Crippen LogP contribution in [0.25, 0.3) is 10.9 Å². The molecule has 128 valence electrons.